The predicted octanol–water partition coefficient (Wildman–Crippen LogP) is 2.22. The van der Waals surface area contributed by atoms with Crippen LogP contribution in [0.5, 0.6) is 0 Å². The Morgan fingerprint density at radius 3 is 2.86 bits per heavy atom. The number of amides is 1. The number of aliphatic hydroxyl groups is 1. The number of hydrogen-bond acceptors (Lipinski definition) is 4. The number of halogens is 1. The molecule has 1 aromatic carbocycles. The minimum Gasteiger partial charge on any atom is -0.386 e. The standard InChI is InChI=1S/C15H18N2O2S.ClH/c18-12(8-17-15(19)9-16-11-5-6-11)14-7-10-3-1-2-4-13(10)20-14;/h1-4,7,11-12,16,18H,5-6,8-9H2,(H,17,19);1H. The summed E-state index contributed by atoms with van der Waals surface area (Å²) in [5.41, 5.74) is 0. The van der Waals surface area contributed by atoms with Gasteiger partial charge in [-0.25, -0.2) is 0 Å². The average Bonchev–Trinajstić information content (AvgIpc) is 3.19. The Kier molecular flexibility index (Phi) is 5.58. The lowest BCUT2D eigenvalue weighted by Gasteiger charge is -2.10. The molecule has 4 nitrogen and oxygen atoms in total. The third-order valence-electron chi connectivity index (χ3n) is 3.39. The molecule has 0 bridgehead atoms. The lowest BCUT2D eigenvalue weighted by molar-refractivity contribution is -0.120. The molecule has 1 unspecified atom stereocenters. The van der Waals surface area contributed by atoms with Crippen LogP contribution in [0.4, 0.5) is 0 Å². The lowest BCUT2D eigenvalue weighted by Crippen LogP contribution is -2.36. The molecule has 2 aromatic rings. The van der Waals surface area contributed by atoms with Crippen molar-refractivity contribution >= 4 is 39.7 Å². The fraction of sp³-hybridized carbons (Fsp3) is 0.400. The minimum atomic E-state index is -0.641. The second-order valence-corrected chi connectivity index (χ2v) is 6.28. The van der Waals surface area contributed by atoms with Crippen LogP contribution in [0.1, 0.15) is 23.8 Å². The SMILES string of the molecule is Cl.O=C(CNC1CC1)NCC(O)c1cc2ccccc2s1. The van der Waals surface area contributed by atoms with Gasteiger partial charge in [0.25, 0.3) is 0 Å². The van der Waals surface area contributed by atoms with E-state index >= 15 is 0 Å². The smallest absolute Gasteiger partial charge is 0.234 e. The minimum absolute atomic E-state index is 0. The summed E-state index contributed by atoms with van der Waals surface area (Å²) in [6.45, 7) is 0.599. The number of aliphatic hydroxyl groups excluding tert-OH is 1. The van der Waals surface area contributed by atoms with E-state index in [1.165, 1.54) is 0 Å². The molecule has 6 heteroatoms. The molecule has 0 saturated heterocycles. The molecule has 1 heterocycles. The van der Waals surface area contributed by atoms with Crippen molar-refractivity contribution in [3.8, 4) is 0 Å². The Balaban J connectivity index is 0.00000161. The van der Waals surface area contributed by atoms with Crippen LogP contribution in [0.3, 0.4) is 0 Å². The molecular formula is C15H19ClN2O2S. The van der Waals surface area contributed by atoms with Gasteiger partial charge >= 0.3 is 0 Å². The fourth-order valence-corrected chi connectivity index (χ4v) is 3.12. The Labute approximate surface area is 134 Å². The first-order chi connectivity index (χ1) is 9.72. The quantitative estimate of drug-likeness (QED) is 0.763. The molecular weight excluding hydrogens is 308 g/mol. The number of hydrogen-bond donors (Lipinski definition) is 3. The topological polar surface area (TPSA) is 61.4 Å². The summed E-state index contributed by atoms with van der Waals surface area (Å²) in [5, 5.41) is 17.2. The van der Waals surface area contributed by atoms with Crippen LogP contribution in [-0.2, 0) is 4.79 Å². The summed E-state index contributed by atoms with van der Waals surface area (Å²) in [6.07, 6.45) is 1.69. The van der Waals surface area contributed by atoms with Crippen molar-refractivity contribution in [2.75, 3.05) is 13.1 Å². The van der Waals surface area contributed by atoms with Crippen molar-refractivity contribution in [3.05, 3.63) is 35.2 Å². The summed E-state index contributed by atoms with van der Waals surface area (Å²) in [6, 6.07) is 10.5. The number of carbonyl (C=O) groups is 1. The Morgan fingerprint density at radius 2 is 2.14 bits per heavy atom. The van der Waals surface area contributed by atoms with Crippen LogP contribution in [0.25, 0.3) is 10.1 Å². The average molecular weight is 327 g/mol. The molecule has 0 aliphatic heterocycles. The number of nitrogens with one attached hydrogen (secondary N) is 2. The zero-order chi connectivity index (χ0) is 13.9. The van der Waals surface area contributed by atoms with E-state index in [1.54, 1.807) is 11.3 Å². The summed E-state index contributed by atoms with van der Waals surface area (Å²) >= 11 is 1.57. The van der Waals surface area contributed by atoms with Crippen LogP contribution in [-0.4, -0.2) is 30.1 Å². The Bertz CT molecular complexity index is 579. The maximum atomic E-state index is 11.6. The predicted molar refractivity (Wildman–Crippen MR) is 88.1 cm³/mol. The molecule has 1 aliphatic carbocycles. The van der Waals surface area contributed by atoms with Gasteiger partial charge in [0.1, 0.15) is 6.10 Å². The molecule has 114 valence electrons. The zero-order valence-corrected chi connectivity index (χ0v) is 13.2. The van der Waals surface area contributed by atoms with E-state index in [2.05, 4.69) is 10.6 Å². The third kappa shape index (κ3) is 4.41. The maximum absolute atomic E-state index is 11.6. The normalized spacial score (nSPS) is 15.5. The molecule has 1 saturated carbocycles. The first-order valence-corrected chi connectivity index (χ1v) is 7.70. The third-order valence-corrected chi connectivity index (χ3v) is 4.61. The maximum Gasteiger partial charge on any atom is 0.234 e. The second-order valence-electron chi connectivity index (χ2n) is 5.16. The van der Waals surface area contributed by atoms with Crippen LogP contribution < -0.4 is 10.6 Å². The van der Waals surface area contributed by atoms with Crippen molar-refractivity contribution in [1.29, 1.82) is 0 Å². The van der Waals surface area contributed by atoms with Crippen LogP contribution in [0.2, 0.25) is 0 Å². The zero-order valence-electron chi connectivity index (χ0n) is 11.5. The van der Waals surface area contributed by atoms with E-state index < -0.39 is 6.10 Å². The molecule has 1 aliphatic rings. The van der Waals surface area contributed by atoms with Crippen molar-refractivity contribution in [2.45, 2.75) is 25.0 Å². The van der Waals surface area contributed by atoms with E-state index in [-0.39, 0.29) is 24.9 Å². The second kappa shape index (κ2) is 7.22. The summed E-state index contributed by atoms with van der Waals surface area (Å²) in [5.74, 6) is -0.0583. The molecule has 0 spiro atoms. The van der Waals surface area contributed by atoms with Crippen molar-refractivity contribution in [2.24, 2.45) is 0 Å². The molecule has 1 fully saturated rings. The van der Waals surface area contributed by atoms with E-state index in [4.69, 9.17) is 0 Å². The highest BCUT2D eigenvalue weighted by atomic mass is 35.5. The highest BCUT2D eigenvalue weighted by Crippen LogP contribution is 2.29. The van der Waals surface area contributed by atoms with Gasteiger partial charge in [-0.1, -0.05) is 18.2 Å². The highest BCUT2D eigenvalue weighted by Gasteiger charge is 2.21. The molecule has 1 atom stereocenters. The molecule has 21 heavy (non-hydrogen) atoms. The number of carbonyl (C=O) groups excluding carboxylic acids is 1. The molecule has 1 amide bonds. The first kappa shape index (κ1) is 16.2. The highest BCUT2D eigenvalue weighted by molar-refractivity contribution is 7.19. The van der Waals surface area contributed by atoms with Crippen molar-refractivity contribution < 1.29 is 9.90 Å². The molecule has 0 radical (unpaired) electrons. The van der Waals surface area contributed by atoms with E-state index in [0.29, 0.717) is 12.6 Å². The van der Waals surface area contributed by atoms with Gasteiger partial charge in [-0.05, 0) is 30.4 Å². The fourth-order valence-electron chi connectivity index (χ4n) is 2.06. The molecule has 3 rings (SSSR count). The van der Waals surface area contributed by atoms with Crippen molar-refractivity contribution in [3.63, 3.8) is 0 Å². The summed E-state index contributed by atoms with van der Waals surface area (Å²) in [7, 11) is 0. The van der Waals surface area contributed by atoms with E-state index in [9.17, 15) is 9.90 Å². The first-order valence-electron chi connectivity index (χ1n) is 6.89. The van der Waals surface area contributed by atoms with Crippen molar-refractivity contribution in [1.82, 2.24) is 10.6 Å². The number of benzene rings is 1. The van der Waals surface area contributed by atoms with Gasteiger partial charge in [-0.3, -0.25) is 4.79 Å². The van der Waals surface area contributed by atoms with Gasteiger partial charge in [-0.15, -0.1) is 23.7 Å². The molecule has 3 N–H and O–H groups in total. The number of thiophene rings is 1. The number of fused-ring (bicyclic) bond motifs is 1. The van der Waals surface area contributed by atoms with Gasteiger partial charge in [0.15, 0.2) is 0 Å². The van der Waals surface area contributed by atoms with Crippen LogP contribution in [0.15, 0.2) is 30.3 Å². The van der Waals surface area contributed by atoms with Gasteiger partial charge in [0, 0.05) is 22.2 Å². The Hall–Kier alpha value is -1.14. The van der Waals surface area contributed by atoms with Crippen LogP contribution in [0, 0.1) is 0 Å². The Morgan fingerprint density at radius 1 is 1.38 bits per heavy atom. The van der Waals surface area contributed by atoms with Gasteiger partial charge in [0.05, 0.1) is 6.54 Å². The number of rotatable bonds is 6. The van der Waals surface area contributed by atoms with E-state index in [0.717, 1.165) is 27.8 Å². The monoisotopic (exact) mass is 326 g/mol. The van der Waals surface area contributed by atoms with Gasteiger partial charge < -0.3 is 15.7 Å². The summed E-state index contributed by atoms with van der Waals surface area (Å²) < 4.78 is 1.16. The largest absolute Gasteiger partial charge is 0.386 e. The molecule has 1 aromatic heterocycles. The van der Waals surface area contributed by atoms with Crippen LogP contribution >= 0.6 is 23.7 Å². The van der Waals surface area contributed by atoms with Gasteiger partial charge in [0.2, 0.25) is 5.91 Å². The lowest BCUT2D eigenvalue weighted by atomic mass is 10.2. The van der Waals surface area contributed by atoms with E-state index in [1.807, 2.05) is 30.3 Å². The summed E-state index contributed by atoms with van der Waals surface area (Å²) in [4.78, 5) is 12.5. The van der Waals surface area contributed by atoms with Gasteiger partial charge in [-0.2, -0.15) is 0 Å².